The summed E-state index contributed by atoms with van der Waals surface area (Å²) < 4.78 is 11.0. The van der Waals surface area contributed by atoms with Gasteiger partial charge in [-0.15, -0.1) is 0 Å². The summed E-state index contributed by atoms with van der Waals surface area (Å²) in [5.41, 5.74) is 2.12. The number of aromatic nitrogens is 2. The van der Waals surface area contributed by atoms with Crippen molar-refractivity contribution in [3.8, 4) is 22.9 Å². The fourth-order valence-corrected chi connectivity index (χ4v) is 2.50. The van der Waals surface area contributed by atoms with Crippen LogP contribution >= 0.6 is 0 Å². The standard InChI is InChI=1S/C21H22N2O3/c1-2-3-7-14-25-18-12-10-16(11-13-18)19-15-20(23-22-19)26-21(24)17-8-5-4-6-9-17/h4-6,8-13,15H,2-3,7,14H2,1H3,(H,22,23). The Morgan fingerprint density at radius 3 is 2.54 bits per heavy atom. The third-order valence-electron chi connectivity index (χ3n) is 3.93. The van der Waals surface area contributed by atoms with E-state index in [2.05, 4.69) is 17.1 Å². The predicted molar refractivity (Wildman–Crippen MR) is 100 cm³/mol. The number of nitrogens with one attached hydrogen (secondary N) is 1. The zero-order valence-electron chi connectivity index (χ0n) is 14.8. The molecule has 0 unspecified atom stereocenters. The number of aromatic amines is 1. The summed E-state index contributed by atoms with van der Waals surface area (Å²) in [5.74, 6) is 0.737. The molecule has 0 amide bonds. The molecule has 5 heteroatoms. The van der Waals surface area contributed by atoms with Gasteiger partial charge >= 0.3 is 5.97 Å². The van der Waals surface area contributed by atoms with Crippen LogP contribution in [0.3, 0.4) is 0 Å². The van der Waals surface area contributed by atoms with Crippen molar-refractivity contribution in [3.05, 3.63) is 66.2 Å². The normalized spacial score (nSPS) is 10.5. The SMILES string of the molecule is CCCCCOc1ccc(-c2cc(OC(=O)c3ccccc3)[nH]n2)cc1. The van der Waals surface area contributed by atoms with Crippen LogP contribution in [0.15, 0.2) is 60.7 Å². The number of H-pyrrole nitrogens is 1. The van der Waals surface area contributed by atoms with Gasteiger partial charge in [0, 0.05) is 11.6 Å². The minimum Gasteiger partial charge on any atom is -0.494 e. The molecule has 0 fully saturated rings. The molecule has 0 radical (unpaired) electrons. The fourth-order valence-electron chi connectivity index (χ4n) is 2.50. The topological polar surface area (TPSA) is 64.2 Å². The Balaban J connectivity index is 1.59. The minimum absolute atomic E-state index is 0.314. The maximum absolute atomic E-state index is 12.1. The van der Waals surface area contributed by atoms with Crippen LogP contribution < -0.4 is 9.47 Å². The van der Waals surface area contributed by atoms with E-state index < -0.39 is 5.97 Å². The zero-order valence-corrected chi connectivity index (χ0v) is 14.8. The highest BCUT2D eigenvalue weighted by molar-refractivity contribution is 5.90. The van der Waals surface area contributed by atoms with Gasteiger partial charge in [0.05, 0.1) is 17.9 Å². The van der Waals surface area contributed by atoms with E-state index in [1.165, 1.54) is 12.8 Å². The van der Waals surface area contributed by atoms with Crippen LogP contribution in [0.2, 0.25) is 0 Å². The summed E-state index contributed by atoms with van der Waals surface area (Å²) >= 11 is 0. The molecule has 0 aliphatic heterocycles. The number of nitrogens with zero attached hydrogens (tertiary/aromatic N) is 1. The summed E-state index contributed by atoms with van der Waals surface area (Å²) in [4.78, 5) is 12.1. The fraction of sp³-hybridized carbons (Fsp3) is 0.238. The summed E-state index contributed by atoms with van der Waals surface area (Å²) in [6.45, 7) is 2.90. The molecule has 134 valence electrons. The lowest BCUT2D eigenvalue weighted by Crippen LogP contribution is -2.08. The van der Waals surface area contributed by atoms with E-state index in [0.717, 1.165) is 24.3 Å². The van der Waals surface area contributed by atoms with Crippen molar-refractivity contribution in [1.82, 2.24) is 10.2 Å². The molecule has 0 aliphatic rings. The number of carbonyl (C=O) groups is 1. The van der Waals surface area contributed by atoms with Crippen molar-refractivity contribution in [3.63, 3.8) is 0 Å². The predicted octanol–water partition coefficient (Wildman–Crippen LogP) is 4.86. The third kappa shape index (κ3) is 4.72. The minimum atomic E-state index is -0.420. The molecule has 0 spiro atoms. The molecule has 0 saturated heterocycles. The van der Waals surface area contributed by atoms with Crippen molar-refractivity contribution in [1.29, 1.82) is 0 Å². The Morgan fingerprint density at radius 2 is 1.81 bits per heavy atom. The first-order valence-electron chi connectivity index (χ1n) is 8.82. The zero-order chi connectivity index (χ0) is 18.2. The second-order valence-electron chi connectivity index (χ2n) is 5.95. The maximum atomic E-state index is 12.1. The van der Waals surface area contributed by atoms with Gasteiger partial charge in [-0.2, -0.15) is 5.10 Å². The van der Waals surface area contributed by atoms with E-state index in [1.54, 1.807) is 30.3 Å². The Labute approximate surface area is 153 Å². The molecular formula is C21H22N2O3. The van der Waals surface area contributed by atoms with Gasteiger partial charge in [-0.25, -0.2) is 9.89 Å². The molecule has 26 heavy (non-hydrogen) atoms. The molecule has 5 nitrogen and oxygen atoms in total. The molecule has 0 bridgehead atoms. The average Bonchev–Trinajstić information content (AvgIpc) is 3.15. The molecule has 2 aromatic carbocycles. The van der Waals surface area contributed by atoms with Crippen LogP contribution in [0.25, 0.3) is 11.3 Å². The van der Waals surface area contributed by atoms with Crippen LogP contribution in [-0.4, -0.2) is 22.8 Å². The molecule has 3 aromatic rings. The molecule has 3 rings (SSSR count). The summed E-state index contributed by atoms with van der Waals surface area (Å²) in [7, 11) is 0. The second-order valence-corrected chi connectivity index (χ2v) is 5.95. The van der Waals surface area contributed by atoms with E-state index in [9.17, 15) is 4.79 Å². The van der Waals surface area contributed by atoms with Crippen LogP contribution in [0, 0.1) is 0 Å². The highest BCUT2D eigenvalue weighted by Gasteiger charge is 2.11. The maximum Gasteiger partial charge on any atom is 0.344 e. The van der Waals surface area contributed by atoms with Crippen LogP contribution in [-0.2, 0) is 0 Å². The summed E-state index contributed by atoms with van der Waals surface area (Å²) in [5, 5.41) is 6.95. The lowest BCUT2D eigenvalue weighted by Gasteiger charge is -2.06. The van der Waals surface area contributed by atoms with Gasteiger partial charge in [-0.1, -0.05) is 38.0 Å². The van der Waals surface area contributed by atoms with Crippen molar-refractivity contribution >= 4 is 5.97 Å². The van der Waals surface area contributed by atoms with E-state index in [4.69, 9.17) is 9.47 Å². The first-order chi connectivity index (χ1) is 12.8. The summed E-state index contributed by atoms with van der Waals surface area (Å²) in [6, 6.07) is 18.3. The second kappa shape index (κ2) is 8.85. The number of hydrogen-bond donors (Lipinski definition) is 1. The van der Waals surface area contributed by atoms with Crippen molar-refractivity contribution in [2.75, 3.05) is 6.61 Å². The number of unbranched alkanes of at least 4 members (excludes halogenated alkanes) is 2. The molecule has 0 saturated carbocycles. The van der Waals surface area contributed by atoms with Gasteiger partial charge in [0.1, 0.15) is 5.75 Å². The third-order valence-corrected chi connectivity index (χ3v) is 3.93. The number of rotatable bonds is 8. The Hall–Kier alpha value is -3.08. The van der Waals surface area contributed by atoms with Crippen molar-refractivity contribution in [2.24, 2.45) is 0 Å². The van der Waals surface area contributed by atoms with Crippen LogP contribution in [0.5, 0.6) is 11.6 Å². The smallest absolute Gasteiger partial charge is 0.344 e. The molecule has 1 N–H and O–H groups in total. The Kier molecular flexibility index (Phi) is 6.04. The van der Waals surface area contributed by atoms with Gasteiger partial charge in [0.2, 0.25) is 5.88 Å². The van der Waals surface area contributed by atoms with Crippen molar-refractivity contribution in [2.45, 2.75) is 26.2 Å². The molecule has 0 atom stereocenters. The highest BCUT2D eigenvalue weighted by Crippen LogP contribution is 2.24. The molecule has 0 aliphatic carbocycles. The van der Waals surface area contributed by atoms with E-state index in [1.807, 2.05) is 30.3 Å². The lowest BCUT2D eigenvalue weighted by atomic mass is 10.1. The average molecular weight is 350 g/mol. The number of carbonyl (C=O) groups excluding carboxylic acids is 1. The van der Waals surface area contributed by atoms with Gasteiger partial charge in [0.25, 0.3) is 0 Å². The first-order valence-corrected chi connectivity index (χ1v) is 8.82. The van der Waals surface area contributed by atoms with E-state index in [-0.39, 0.29) is 0 Å². The number of hydrogen-bond acceptors (Lipinski definition) is 4. The lowest BCUT2D eigenvalue weighted by molar-refractivity contribution is 0.0727. The number of benzene rings is 2. The van der Waals surface area contributed by atoms with Gasteiger partial charge in [-0.3, -0.25) is 0 Å². The monoisotopic (exact) mass is 350 g/mol. The number of esters is 1. The van der Waals surface area contributed by atoms with E-state index >= 15 is 0 Å². The Bertz CT molecular complexity index is 826. The van der Waals surface area contributed by atoms with Gasteiger partial charge in [0.15, 0.2) is 0 Å². The van der Waals surface area contributed by atoms with E-state index in [0.29, 0.717) is 17.1 Å². The van der Waals surface area contributed by atoms with Crippen LogP contribution in [0.1, 0.15) is 36.5 Å². The summed E-state index contributed by atoms with van der Waals surface area (Å²) in [6.07, 6.45) is 3.42. The van der Waals surface area contributed by atoms with Gasteiger partial charge in [-0.05, 0) is 42.8 Å². The molecular weight excluding hydrogens is 328 g/mol. The quantitative estimate of drug-likeness (QED) is 0.465. The van der Waals surface area contributed by atoms with Crippen LogP contribution in [0.4, 0.5) is 0 Å². The largest absolute Gasteiger partial charge is 0.494 e. The number of ether oxygens (including phenoxy) is 2. The first kappa shape index (κ1) is 17.7. The van der Waals surface area contributed by atoms with Gasteiger partial charge < -0.3 is 9.47 Å². The highest BCUT2D eigenvalue weighted by atomic mass is 16.5. The Morgan fingerprint density at radius 1 is 1.04 bits per heavy atom. The van der Waals surface area contributed by atoms with Crippen molar-refractivity contribution < 1.29 is 14.3 Å². The molecule has 1 heterocycles. The molecule has 1 aromatic heterocycles.